The second kappa shape index (κ2) is 7.17. The Bertz CT molecular complexity index is 665. The number of hydrogen-bond acceptors (Lipinski definition) is 4. The van der Waals surface area contributed by atoms with Gasteiger partial charge < -0.3 is 5.11 Å². The lowest BCUT2D eigenvalue weighted by Crippen LogP contribution is -2.26. The van der Waals surface area contributed by atoms with Crippen molar-refractivity contribution in [3.8, 4) is 0 Å². The third kappa shape index (κ3) is 4.14. The summed E-state index contributed by atoms with van der Waals surface area (Å²) in [5.41, 5.74) is 1.20. The molecule has 0 amide bonds. The first-order chi connectivity index (χ1) is 10.0. The van der Waals surface area contributed by atoms with Crippen LogP contribution in [0.4, 0.5) is 0 Å². The van der Waals surface area contributed by atoms with Gasteiger partial charge in [-0.2, -0.15) is 0 Å². The first-order valence-corrected chi connectivity index (χ1v) is 9.12. The SMILES string of the molecule is CC(CCNS(=O)(=O)c1ccsc1CO)c1ccccc1. The van der Waals surface area contributed by atoms with Crippen molar-refractivity contribution in [3.63, 3.8) is 0 Å². The Hall–Kier alpha value is -1.21. The number of hydrogen-bond donors (Lipinski definition) is 2. The molecule has 2 rings (SSSR count). The van der Waals surface area contributed by atoms with E-state index < -0.39 is 10.0 Å². The van der Waals surface area contributed by atoms with Crippen LogP contribution in [0.5, 0.6) is 0 Å². The van der Waals surface area contributed by atoms with E-state index in [0.29, 0.717) is 11.4 Å². The van der Waals surface area contributed by atoms with Gasteiger partial charge in [0.1, 0.15) is 0 Å². The number of benzene rings is 1. The molecule has 0 spiro atoms. The molecule has 0 radical (unpaired) electrons. The first-order valence-electron chi connectivity index (χ1n) is 6.76. The summed E-state index contributed by atoms with van der Waals surface area (Å²) in [5.74, 6) is 0.286. The van der Waals surface area contributed by atoms with Gasteiger partial charge in [-0.15, -0.1) is 11.3 Å². The molecule has 0 bridgehead atoms. The van der Waals surface area contributed by atoms with Gasteiger partial charge in [0.25, 0.3) is 0 Å². The maximum absolute atomic E-state index is 12.2. The van der Waals surface area contributed by atoms with Crippen LogP contribution >= 0.6 is 11.3 Å². The normalized spacial score (nSPS) is 13.2. The van der Waals surface area contributed by atoms with E-state index in [4.69, 9.17) is 5.11 Å². The van der Waals surface area contributed by atoms with Gasteiger partial charge in [-0.3, -0.25) is 0 Å². The average molecular weight is 325 g/mol. The first kappa shape index (κ1) is 16.2. The van der Waals surface area contributed by atoms with Gasteiger partial charge >= 0.3 is 0 Å². The molecule has 0 aliphatic rings. The fourth-order valence-corrected chi connectivity index (χ4v) is 4.46. The molecule has 2 aromatic rings. The van der Waals surface area contributed by atoms with Crippen LogP contribution in [0.3, 0.4) is 0 Å². The lowest BCUT2D eigenvalue weighted by molar-refractivity contribution is 0.282. The molecule has 0 saturated carbocycles. The van der Waals surface area contributed by atoms with Crippen molar-refractivity contribution in [3.05, 3.63) is 52.2 Å². The summed E-state index contributed by atoms with van der Waals surface area (Å²) < 4.78 is 27.0. The van der Waals surface area contributed by atoms with Crippen molar-refractivity contribution in [2.45, 2.75) is 30.8 Å². The van der Waals surface area contributed by atoms with Crippen molar-refractivity contribution in [2.24, 2.45) is 0 Å². The van der Waals surface area contributed by atoms with Crippen LogP contribution in [0.1, 0.15) is 29.7 Å². The smallest absolute Gasteiger partial charge is 0.241 e. The Labute approximate surface area is 129 Å². The Morgan fingerprint density at radius 3 is 2.62 bits per heavy atom. The highest BCUT2D eigenvalue weighted by atomic mass is 32.2. The highest BCUT2D eigenvalue weighted by molar-refractivity contribution is 7.89. The number of aliphatic hydroxyl groups excluding tert-OH is 1. The highest BCUT2D eigenvalue weighted by Gasteiger charge is 2.19. The number of thiophene rings is 1. The van der Waals surface area contributed by atoms with Crippen LogP contribution in [0.2, 0.25) is 0 Å². The Morgan fingerprint density at radius 2 is 1.95 bits per heavy atom. The van der Waals surface area contributed by atoms with Gasteiger partial charge in [0, 0.05) is 11.4 Å². The van der Waals surface area contributed by atoms with Crippen LogP contribution < -0.4 is 4.72 Å². The van der Waals surface area contributed by atoms with E-state index in [1.807, 2.05) is 30.3 Å². The van der Waals surface area contributed by atoms with E-state index >= 15 is 0 Å². The van der Waals surface area contributed by atoms with Crippen LogP contribution in [-0.2, 0) is 16.6 Å². The minimum Gasteiger partial charge on any atom is -0.391 e. The summed E-state index contributed by atoms with van der Waals surface area (Å²) in [6.07, 6.45) is 0.724. The monoisotopic (exact) mass is 325 g/mol. The lowest BCUT2D eigenvalue weighted by atomic mass is 9.98. The maximum atomic E-state index is 12.2. The minimum absolute atomic E-state index is 0.183. The Kier molecular flexibility index (Phi) is 5.52. The van der Waals surface area contributed by atoms with Crippen LogP contribution in [0.25, 0.3) is 0 Å². The summed E-state index contributed by atoms with van der Waals surface area (Å²) >= 11 is 1.24. The molecule has 0 aliphatic heterocycles. The molecule has 4 nitrogen and oxygen atoms in total. The van der Waals surface area contributed by atoms with Crippen molar-refractivity contribution >= 4 is 21.4 Å². The molecule has 1 atom stereocenters. The summed E-state index contributed by atoms with van der Waals surface area (Å²) in [7, 11) is -3.54. The van der Waals surface area contributed by atoms with Gasteiger partial charge in [0.2, 0.25) is 10.0 Å². The topological polar surface area (TPSA) is 66.4 Å². The zero-order chi connectivity index (χ0) is 15.3. The number of sulfonamides is 1. The minimum atomic E-state index is -3.54. The van der Waals surface area contributed by atoms with E-state index in [1.165, 1.54) is 23.0 Å². The Balaban J connectivity index is 1.94. The van der Waals surface area contributed by atoms with Crippen LogP contribution in [-0.4, -0.2) is 20.1 Å². The Morgan fingerprint density at radius 1 is 1.24 bits per heavy atom. The molecule has 2 N–H and O–H groups in total. The lowest BCUT2D eigenvalue weighted by Gasteiger charge is -2.12. The van der Waals surface area contributed by atoms with Crippen molar-refractivity contribution in [1.29, 1.82) is 0 Å². The van der Waals surface area contributed by atoms with E-state index in [1.54, 1.807) is 5.38 Å². The molecule has 0 fully saturated rings. The predicted octanol–water partition coefficient (Wildman–Crippen LogP) is 2.71. The molecule has 1 unspecified atom stereocenters. The second-order valence-corrected chi connectivity index (χ2v) is 7.60. The largest absolute Gasteiger partial charge is 0.391 e. The third-order valence-corrected chi connectivity index (χ3v) is 5.96. The highest BCUT2D eigenvalue weighted by Crippen LogP contribution is 2.22. The molecule has 114 valence electrons. The molecule has 0 saturated heterocycles. The molecule has 21 heavy (non-hydrogen) atoms. The van der Waals surface area contributed by atoms with Gasteiger partial charge in [-0.05, 0) is 29.3 Å². The fraction of sp³-hybridized carbons (Fsp3) is 0.333. The zero-order valence-corrected chi connectivity index (χ0v) is 13.5. The molecule has 0 aliphatic carbocycles. The molecule has 1 aromatic heterocycles. The summed E-state index contributed by atoms with van der Waals surface area (Å²) in [4.78, 5) is 0.654. The molecular formula is C15H19NO3S2. The van der Waals surface area contributed by atoms with Gasteiger partial charge in [0.05, 0.1) is 11.5 Å². The fourth-order valence-electron chi connectivity index (χ4n) is 2.12. The number of aliphatic hydroxyl groups is 1. The van der Waals surface area contributed by atoms with E-state index in [9.17, 15) is 8.42 Å². The molecule has 1 aromatic carbocycles. The summed E-state index contributed by atoms with van der Waals surface area (Å²) in [6, 6.07) is 11.5. The van der Waals surface area contributed by atoms with E-state index in [2.05, 4.69) is 11.6 Å². The molecular weight excluding hydrogens is 306 g/mol. The molecule has 6 heteroatoms. The maximum Gasteiger partial charge on any atom is 0.241 e. The van der Waals surface area contributed by atoms with Gasteiger partial charge in [-0.1, -0.05) is 37.3 Å². The number of rotatable bonds is 7. The average Bonchev–Trinajstić information content (AvgIpc) is 2.97. The summed E-state index contributed by atoms with van der Waals surface area (Å²) in [5, 5.41) is 10.8. The number of nitrogens with one attached hydrogen (secondary N) is 1. The molecule has 1 heterocycles. The zero-order valence-electron chi connectivity index (χ0n) is 11.8. The van der Waals surface area contributed by atoms with Crippen LogP contribution in [0, 0.1) is 0 Å². The third-order valence-electron chi connectivity index (χ3n) is 3.38. The van der Waals surface area contributed by atoms with Gasteiger partial charge in [-0.25, -0.2) is 13.1 Å². The van der Waals surface area contributed by atoms with Crippen molar-refractivity contribution < 1.29 is 13.5 Å². The van der Waals surface area contributed by atoms with Crippen molar-refractivity contribution in [1.82, 2.24) is 4.72 Å². The van der Waals surface area contributed by atoms with Gasteiger partial charge in [0.15, 0.2) is 0 Å². The van der Waals surface area contributed by atoms with E-state index in [0.717, 1.165) is 6.42 Å². The van der Waals surface area contributed by atoms with Crippen molar-refractivity contribution in [2.75, 3.05) is 6.54 Å². The van der Waals surface area contributed by atoms with Crippen LogP contribution in [0.15, 0.2) is 46.7 Å². The second-order valence-electron chi connectivity index (χ2n) is 4.86. The standard InChI is InChI=1S/C15H19NO3S2/c1-12(13-5-3-2-4-6-13)7-9-16-21(18,19)15-8-10-20-14(15)11-17/h2-6,8,10,12,16-17H,7,9,11H2,1H3. The van der Waals surface area contributed by atoms with E-state index in [-0.39, 0.29) is 17.4 Å². The predicted molar refractivity (Wildman–Crippen MR) is 84.9 cm³/mol. The quantitative estimate of drug-likeness (QED) is 0.822. The summed E-state index contributed by atoms with van der Waals surface area (Å²) in [6.45, 7) is 2.20.